The van der Waals surface area contributed by atoms with E-state index in [1.807, 2.05) is 0 Å². The first-order valence-electron chi connectivity index (χ1n) is 22.9. The molecule has 0 saturated heterocycles. The number of rotatable bonds is 42. The van der Waals surface area contributed by atoms with Crippen molar-refractivity contribution in [3.63, 3.8) is 0 Å². The molecule has 0 heterocycles. The van der Waals surface area contributed by atoms with Crippen LogP contribution in [0.3, 0.4) is 0 Å². The minimum absolute atomic E-state index is 0.186. The van der Waals surface area contributed by atoms with E-state index in [1.165, 1.54) is 128 Å². The second kappa shape index (κ2) is 42.6. The van der Waals surface area contributed by atoms with Gasteiger partial charge in [-0.1, -0.05) is 178 Å². The molecule has 9 heteroatoms. The van der Waals surface area contributed by atoms with Gasteiger partial charge >= 0.3 is 19.8 Å². The van der Waals surface area contributed by atoms with Gasteiger partial charge in [-0.3, -0.25) is 14.1 Å². The molecule has 0 aromatic carbocycles. The van der Waals surface area contributed by atoms with Crippen LogP contribution in [-0.2, 0) is 28.2 Å². The number of unbranched alkanes of at least 4 members (excludes halogenated alkanes) is 24. The van der Waals surface area contributed by atoms with Crippen LogP contribution in [0, 0.1) is 0 Å². The molecule has 0 unspecified atom stereocenters. The monoisotopic (exact) mass is 809 g/mol. The third kappa shape index (κ3) is 44.7. The molecule has 326 valence electrons. The van der Waals surface area contributed by atoms with Crippen molar-refractivity contribution in [1.29, 1.82) is 0 Å². The van der Waals surface area contributed by atoms with Gasteiger partial charge in [0.05, 0.1) is 6.61 Å². The van der Waals surface area contributed by atoms with Gasteiger partial charge in [-0.25, -0.2) is 4.57 Å². The van der Waals surface area contributed by atoms with Crippen LogP contribution in [0.15, 0.2) is 48.6 Å². The lowest BCUT2D eigenvalue weighted by molar-refractivity contribution is -0.161. The molecule has 0 aliphatic rings. The summed E-state index contributed by atoms with van der Waals surface area (Å²) in [5.74, 6) is -0.907. The van der Waals surface area contributed by atoms with Gasteiger partial charge in [-0.15, -0.1) is 0 Å². The van der Waals surface area contributed by atoms with Gasteiger partial charge in [-0.2, -0.15) is 0 Å². The Kier molecular flexibility index (Phi) is 41.1. The number of ether oxygens (including phenoxy) is 2. The molecular weight excluding hydrogens is 723 g/mol. The molecule has 56 heavy (non-hydrogen) atoms. The van der Waals surface area contributed by atoms with Crippen molar-refractivity contribution < 1.29 is 37.9 Å². The van der Waals surface area contributed by atoms with Crippen LogP contribution >= 0.6 is 7.82 Å². The Morgan fingerprint density at radius 3 is 1.25 bits per heavy atom. The quantitative estimate of drug-likeness (QED) is 0.0271. The fourth-order valence-corrected chi connectivity index (χ4v) is 6.74. The summed E-state index contributed by atoms with van der Waals surface area (Å²) < 4.78 is 26.4. The lowest BCUT2D eigenvalue weighted by Crippen LogP contribution is -2.29. The first-order valence-corrected chi connectivity index (χ1v) is 24.5. The van der Waals surface area contributed by atoms with Gasteiger partial charge in [0.1, 0.15) is 6.61 Å². The third-order valence-electron chi connectivity index (χ3n) is 9.82. The normalized spacial score (nSPS) is 12.9. The number of phosphoric acid groups is 1. The lowest BCUT2D eigenvalue weighted by Gasteiger charge is -2.18. The highest BCUT2D eigenvalue weighted by Crippen LogP contribution is 2.36. The number of allylic oxidation sites excluding steroid dienone is 8. The molecule has 0 bridgehead atoms. The maximum atomic E-state index is 12.4. The number of phosphoric ester groups is 1. The minimum Gasteiger partial charge on any atom is -0.462 e. The molecule has 0 amide bonds. The summed E-state index contributed by atoms with van der Waals surface area (Å²) in [6.07, 6.45) is 52.6. The maximum Gasteiger partial charge on any atom is 0.469 e. The Balaban J connectivity index is 3.89. The molecule has 0 spiro atoms. The van der Waals surface area contributed by atoms with Crippen LogP contribution in [0.25, 0.3) is 0 Å². The van der Waals surface area contributed by atoms with Crippen molar-refractivity contribution in [2.45, 2.75) is 225 Å². The summed E-state index contributed by atoms with van der Waals surface area (Å²) in [5.41, 5.74) is 0. The average Bonchev–Trinajstić information content (AvgIpc) is 3.17. The highest BCUT2D eigenvalue weighted by molar-refractivity contribution is 7.46. The van der Waals surface area contributed by atoms with Crippen molar-refractivity contribution in [3.05, 3.63) is 48.6 Å². The summed E-state index contributed by atoms with van der Waals surface area (Å²) in [4.78, 5) is 42.9. The summed E-state index contributed by atoms with van der Waals surface area (Å²) in [6, 6.07) is 0. The van der Waals surface area contributed by atoms with Gasteiger partial charge in [-0.05, 0) is 77.0 Å². The molecule has 1 atom stereocenters. The standard InChI is InChI=1S/C47H85O8P/c1-3-5-7-9-11-13-15-17-19-21-22-23-24-26-27-29-31-33-35-37-39-41-46(48)53-43-45(44-54-56(50,51)52)55-47(49)42-40-38-36-34-32-30-28-25-20-18-16-14-12-10-8-6-4-2/h12,14,17-20,28,30,45H,3-11,13,15-16,21-27,29,31-44H2,1-2H3,(H2,50,51,52)/b14-12+,19-17+,20-18+,30-28+/t45-/m1/s1. The zero-order chi connectivity index (χ0) is 41.1. The molecule has 0 saturated carbocycles. The molecular formula is C47H85O8P. The second-order valence-corrected chi connectivity index (χ2v) is 16.6. The average molecular weight is 809 g/mol. The summed E-state index contributed by atoms with van der Waals surface area (Å²) in [7, 11) is -4.76. The molecule has 8 nitrogen and oxygen atoms in total. The van der Waals surface area contributed by atoms with Gasteiger partial charge < -0.3 is 19.3 Å². The Hall–Kier alpha value is -1.99. The van der Waals surface area contributed by atoms with E-state index >= 15 is 0 Å². The lowest BCUT2D eigenvalue weighted by atomic mass is 10.0. The predicted octanol–water partition coefficient (Wildman–Crippen LogP) is 14.3. The van der Waals surface area contributed by atoms with Crippen LogP contribution in [-0.4, -0.2) is 41.0 Å². The van der Waals surface area contributed by atoms with Crippen LogP contribution in [0.2, 0.25) is 0 Å². The summed E-state index contributed by atoms with van der Waals surface area (Å²) in [6.45, 7) is 3.65. The van der Waals surface area contributed by atoms with E-state index < -0.39 is 32.5 Å². The van der Waals surface area contributed by atoms with E-state index in [-0.39, 0.29) is 19.4 Å². The molecule has 0 aromatic rings. The van der Waals surface area contributed by atoms with Crippen molar-refractivity contribution in [2.24, 2.45) is 0 Å². The van der Waals surface area contributed by atoms with Crippen molar-refractivity contribution >= 4 is 19.8 Å². The molecule has 0 rings (SSSR count). The van der Waals surface area contributed by atoms with Gasteiger partial charge in [0.15, 0.2) is 6.10 Å². The van der Waals surface area contributed by atoms with Crippen LogP contribution < -0.4 is 0 Å². The smallest absolute Gasteiger partial charge is 0.462 e. The number of esters is 2. The predicted molar refractivity (Wildman–Crippen MR) is 234 cm³/mol. The highest BCUT2D eigenvalue weighted by atomic mass is 31.2. The minimum atomic E-state index is -4.76. The van der Waals surface area contributed by atoms with Crippen LogP contribution in [0.1, 0.15) is 219 Å². The molecule has 0 aliphatic carbocycles. The number of hydrogen-bond donors (Lipinski definition) is 2. The third-order valence-corrected chi connectivity index (χ3v) is 10.3. The van der Waals surface area contributed by atoms with E-state index in [0.29, 0.717) is 6.42 Å². The van der Waals surface area contributed by atoms with E-state index in [4.69, 9.17) is 19.3 Å². The Bertz CT molecular complexity index is 1050. The first-order chi connectivity index (χ1) is 27.3. The van der Waals surface area contributed by atoms with E-state index in [2.05, 4.69) is 67.0 Å². The van der Waals surface area contributed by atoms with E-state index in [0.717, 1.165) is 57.8 Å². The largest absolute Gasteiger partial charge is 0.469 e. The fraction of sp³-hybridized carbons (Fsp3) is 0.787. The molecule has 0 aliphatic heterocycles. The topological polar surface area (TPSA) is 119 Å². The van der Waals surface area contributed by atoms with Gasteiger partial charge in [0, 0.05) is 12.8 Å². The maximum absolute atomic E-state index is 12.4. The summed E-state index contributed by atoms with van der Waals surface area (Å²) in [5, 5.41) is 0. The zero-order valence-corrected chi connectivity index (χ0v) is 36.9. The van der Waals surface area contributed by atoms with Crippen LogP contribution in [0.4, 0.5) is 0 Å². The molecule has 0 radical (unpaired) electrons. The number of carbonyl (C=O) groups excluding carboxylic acids is 2. The Morgan fingerprint density at radius 1 is 0.464 bits per heavy atom. The number of carbonyl (C=O) groups is 2. The Labute approximate surface area is 344 Å². The Morgan fingerprint density at radius 2 is 0.804 bits per heavy atom. The van der Waals surface area contributed by atoms with Crippen molar-refractivity contribution in [2.75, 3.05) is 13.2 Å². The van der Waals surface area contributed by atoms with Gasteiger partial charge in [0.25, 0.3) is 0 Å². The molecule has 0 aromatic heterocycles. The van der Waals surface area contributed by atoms with E-state index in [1.54, 1.807) is 0 Å². The van der Waals surface area contributed by atoms with Crippen LogP contribution in [0.5, 0.6) is 0 Å². The SMILES string of the molecule is CCCCC/C=C/C/C=C/C/C=C/CCCCCCC(=O)O[C@H](COC(=O)CCCCCCCCCCCCC/C=C/CCCCCCCC)COP(=O)(O)O. The van der Waals surface area contributed by atoms with Gasteiger partial charge in [0.2, 0.25) is 0 Å². The first kappa shape index (κ1) is 54.0. The second-order valence-electron chi connectivity index (χ2n) is 15.4. The summed E-state index contributed by atoms with van der Waals surface area (Å²) >= 11 is 0. The highest BCUT2D eigenvalue weighted by Gasteiger charge is 2.22. The fourth-order valence-electron chi connectivity index (χ4n) is 6.38. The molecule has 2 N–H and O–H groups in total. The molecule has 0 fully saturated rings. The van der Waals surface area contributed by atoms with Crippen molar-refractivity contribution in [3.8, 4) is 0 Å². The number of hydrogen-bond acceptors (Lipinski definition) is 6. The van der Waals surface area contributed by atoms with E-state index in [9.17, 15) is 14.2 Å². The van der Waals surface area contributed by atoms with Crippen molar-refractivity contribution in [1.82, 2.24) is 0 Å². The zero-order valence-electron chi connectivity index (χ0n) is 36.0.